The molecule has 0 aromatic heterocycles. The molecular weight excluding hydrogens is 398 g/mol. The zero-order chi connectivity index (χ0) is 22.0. The van der Waals surface area contributed by atoms with Gasteiger partial charge < -0.3 is 5.32 Å². The van der Waals surface area contributed by atoms with Crippen LogP contribution in [0.25, 0.3) is 6.08 Å². The molecule has 3 amide bonds. The first-order valence-corrected chi connectivity index (χ1v) is 9.25. The lowest BCUT2D eigenvalue weighted by Gasteiger charge is -2.13. The second-order valence-corrected chi connectivity index (χ2v) is 6.71. The maximum atomic E-state index is 12.8. The molecule has 3 aromatic rings. The third-order valence-corrected chi connectivity index (χ3v) is 4.70. The van der Waals surface area contributed by atoms with Gasteiger partial charge in [-0.25, -0.2) is 4.90 Å². The monoisotopic (exact) mass is 413 g/mol. The van der Waals surface area contributed by atoms with Crippen LogP contribution in [-0.4, -0.2) is 22.6 Å². The van der Waals surface area contributed by atoms with Crippen LogP contribution in [0.15, 0.2) is 78.9 Å². The van der Waals surface area contributed by atoms with Gasteiger partial charge in [-0.3, -0.25) is 24.5 Å². The van der Waals surface area contributed by atoms with Crippen molar-refractivity contribution in [3.05, 3.63) is 106 Å². The van der Waals surface area contributed by atoms with Gasteiger partial charge in [0, 0.05) is 23.9 Å². The van der Waals surface area contributed by atoms with Gasteiger partial charge in [0.15, 0.2) is 0 Å². The van der Waals surface area contributed by atoms with E-state index in [1.54, 1.807) is 36.4 Å². The van der Waals surface area contributed by atoms with Crippen LogP contribution in [0.3, 0.4) is 0 Å². The van der Waals surface area contributed by atoms with Crippen LogP contribution in [-0.2, 0) is 4.79 Å². The molecule has 8 heteroatoms. The summed E-state index contributed by atoms with van der Waals surface area (Å²) in [5.74, 6) is -1.32. The number of nitro benzene ring substituents is 1. The second-order valence-electron chi connectivity index (χ2n) is 6.71. The Labute approximate surface area is 176 Å². The van der Waals surface area contributed by atoms with Crippen molar-refractivity contribution in [3.63, 3.8) is 0 Å². The largest absolute Gasteiger partial charge is 0.322 e. The SMILES string of the molecule is O=C(/C=C/c1ccc([N+](=O)[O-])cc1)Nc1ccc2c(c1)C(=O)N(c1ccccc1)C2=O. The Morgan fingerprint density at radius 2 is 1.58 bits per heavy atom. The molecule has 152 valence electrons. The third kappa shape index (κ3) is 3.95. The number of carbonyl (C=O) groups is 3. The fourth-order valence-corrected chi connectivity index (χ4v) is 3.19. The number of anilines is 2. The van der Waals surface area contributed by atoms with Crippen LogP contribution in [0.4, 0.5) is 17.1 Å². The number of imide groups is 1. The van der Waals surface area contributed by atoms with Crippen molar-refractivity contribution in [2.75, 3.05) is 10.2 Å². The van der Waals surface area contributed by atoms with E-state index in [0.717, 1.165) is 4.90 Å². The zero-order valence-corrected chi connectivity index (χ0v) is 16.0. The summed E-state index contributed by atoms with van der Waals surface area (Å²) < 4.78 is 0. The van der Waals surface area contributed by atoms with E-state index in [1.807, 2.05) is 0 Å². The van der Waals surface area contributed by atoms with E-state index < -0.39 is 22.6 Å². The summed E-state index contributed by atoms with van der Waals surface area (Å²) in [6.07, 6.45) is 2.79. The van der Waals surface area contributed by atoms with Crippen molar-refractivity contribution in [2.24, 2.45) is 0 Å². The molecule has 1 N–H and O–H groups in total. The van der Waals surface area contributed by atoms with Crippen LogP contribution >= 0.6 is 0 Å². The third-order valence-electron chi connectivity index (χ3n) is 4.70. The minimum absolute atomic E-state index is 0.0384. The van der Waals surface area contributed by atoms with Crippen molar-refractivity contribution < 1.29 is 19.3 Å². The summed E-state index contributed by atoms with van der Waals surface area (Å²) in [5.41, 5.74) is 1.91. The predicted molar refractivity (Wildman–Crippen MR) is 115 cm³/mol. The Bertz CT molecular complexity index is 1230. The number of hydrogen-bond donors (Lipinski definition) is 1. The number of para-hydroxylation sites is 1. The molecule has 0 saturated heterocycles. The second kappa shape index (κ2) is 8.03. The van der Waals surface area contributed by atoms with Crippen molar-refractivity contribution >= 4 is 40.9 Å². The molecule has 0 spiro atoms. The number of hydrogen-bond acceptors (Lipinski definition) is 5. The Morgan fingerprint density at radius 1 is 0.903 bits per heavy atom. The highest BCUT2D eigenvalue weighted by atomic mass is 16.6. The normalized spacial score (nSPS) is 12.8. The Morgan fingerprint density at radius 3 is 2.26 bits per heavy atom. The number of benzene rings is 3. The van der Waals surface area contributed by atoms with Gasteiger partial charge in [-0.1, -0.05) is 18.2 Å². The highest BCUT2D eigenvalue weighted by Gasteiger charge is 2.36. The van der Waals surface area contributed by atoms with Gasteiger partial charge in [0.25, 0.3) is 17.5 Å². The Kier molecular flexibility index (Phi) is 5.11. The van der Waals surface area contributed by atoms with Gasteiger partial charge in [-0.2, -0.15) is 0 Å². The van der Waals surface area contributed by atoms with Gasteiger partial charge in [0.1, 0.15) is 0 Å². The molecule has 0 saturated carbocycles. The van der Waals surface area contributed by atoms with Crippen LogP contribution in [0, 0.1) is 10.1 Å². The fraction of sp³-hybridized carbons (Fsp3) is 0. The van der Waals surface area contributed by atoms with Gasteiger partial charge in [0.2, 0.25) is 5.91 Å². The lowest BCUT2D eigenvalue weighted by molar-refractivity contribution is -0.384. The highest BCUT2D eigenvalue weighted by molar-refractivity contribution is 6.34. The molecule has 4 rings (SSSR count). The Hall–Kier alpha value is -4.59. The van der Waals surface area contributed by atoms with Crippen LogP contribution in [0.2, 0.25) is 0 Å². The van der Waals surface area contributed by atoms with Crippen LogP contribution in [0.1, 0.15) is 26.3 Å². The molecule has 0 radical (unpaired) electrons. The van der Waals surface area contributed by atoms with Crippen molar-refractivity contribution in [3.8, 4) is 0 Å². The summed E-state index contributed by atoms with van der Waals surface area (Å²) in [7, 11) is 0. The van der Waals surface area contributed by atoms with Gasteiger partial charge in [0.05, 0.1) is 21.7 Å². The number of nitrogens with zero attached hydrogens (tertiary/aromatic N) is 2. The number of carbonyl (C=O) groups excluding carboxylic acids is 3. The molecule has 31 heavy (non-hydrogen) atoms. The quantitative estimate of drug-likeness (QED) is 0.294. The zero-order valence-electron chi connectivity index (χ0n) is 16.0. The topological polar surface area (TPSA) is 110 Å². The number of non-ortho nitro benzene ring substituents is 1. The first kappa shape index (κ1) is 19.7. The molecular formula is C23H15N3O5. The molecule has 0 fully saturated rings. The smallest absolute Gasteiger partial charge is 0.269 e. The van der Waals surface area contributed by atoms with E-state index in [-0.39, 0.29) is 16.8 Å². The summed E-state index contributed by atoms with van der Waals surface area (Å²) >= 11 is 0. The van der Waals surface area contributed by atoms with E-state index >= 15 is 0 Å². The molecule has 1 heterocycles. The average Bonchev–Trinajstić information content (AvgIpc) is 3.02. The van der Waals surface area contributed by atoms with Crippen LogP contribution < -0.4 is 10.2 Å². The van der Waals surface area contributed by atoms with E-state index in [9.17, 15) is 24.5 Å². The van der Waals surface area contributed by atoms with E-state index in [2.05, 4.69) is 5.32 Å². The maximum absolute atomic E-state index is 12.8. The first-order chi connectivity index (χ1) is 14.9. The lowest BCUT2D eigenvalue weighted by atomic mass is 10.1. The summed E-state index contributed by atoms with van der Waals surface area (Å²) in [4.78, 5) is 48.9. The molecule has 0 bridgehead atoms. The summed E-state index contributed by atoms with van der Waals surface area (Å²) in [6.45, 7) is 0. The Balaban J connectivity index is 1.48. The minimum atomic E-state index is -0.501. The number of rotatable bonds is 5. The average molecular weight is 413 g/mol. The van der Waals surface area contributed by atoms with Crippen molar-refractivity contribution in [2.45, 2.75) is 0 Å². The first-order valence-electron chi connectivity index (χ1n) is 9.25. The number of nitro groups is 1. The van der Waals surface area contributed by atoms with E-state index in [4.69, 9.17) is 0 Å². The molecule has 0 aliphatic carbocycles. The number of amides is 3. The van der Waals surface area contributed by atoms with E-state index in [1.165, 1.54) is 48.6 Å². The summed E-state index contributed by atoms with van der Waals surface area (Å²) in [6, 6.07) is 18.9. The standard InChI is InChI=1S/C23H15N3O5/c27-21(13-8-15-6-10-18(11-7-15)26(30)31)24-16-9-12-19-20(14-16)23(29)25(22(19)28)17-4-2-1-3-5-17/h1-14H,(H,24,27)/b13-8+. The minimum Gasteiger partial charge on any atom is -0.322 e. The molecule has 3 aromatic carbocycles. The van der Waals surface area contributed by atoms with Gasteiger partial charge >= 0.3 is 0 Å². The number of nitrogens with one attached hydrogen (secondary N) is 1. The van der Waals surface area contributed by atoms with E-state index in [0.29, 0.717) is 16.9 Å². The predicted octanol–water partition coefficient (Wildman–Crippen LogP) is 4.05. The molecule has 8 nitrogen and oxygen atoms in total. The lowest BCUT2D eigenvalue weighted by Crippen LogP contribution is -2.29. The van der Waals surface area contributed by atoms with Crippen LogP contribution in [0.5, 0.6) is 0 Å². The molecule has 1 aliphatic rings. The van der Waals surface area contributed by atoms with Gasteiger partial charge in [-0.15, -0.1) is 0 Å². The van der Waals surface area contributed by atoms with Gasteiger partial charge in [-0.05, 0) is 54.1 Å². The molecule has 0 atom stereocenters. The highest BCUT2D eigenvalue weighted by Crippen LogP contribution is 2.30. The maximum Gasteiger partial charge on any atom is 0.269 e. The van der Waals surface area contributed by atoms with Crippen molar-refractivity contribution in [1.29, 1.82) is 0 Å². The number of fused-ring (bicyclic) bond motifs is 1. The summed E-state index contributed by atoms with van der Waals surface area (Å²) in [5, 5.41) is 13.3. The van der Waals surface area contributed by atoms with Crippen molar-refractivity contribution in [1.82, 2.24) is 0 Å². The molecule has 1 aliphatic heterocycles. The molecule has 0 unspecified atom stereocenters. The fourth-order valence-electron chi connectivity index (χ4n) is 3.19.